The van der Waals surface area contributed by atoms with Gasteiger partial charge in [0.2, 0.25) is 0 Å². The first kappa shape index (κ1) is 17.3. The first-order valence-electron chi connectivity index (χ1n) is 8.03. The molecule has 2 aromatic carbocycles. The van der Waals surface area contributed by atoms with Crippen molar-refractivity contribution in [1.82, 2.24) is 0 Å². The predicted octanol–water partition coefficient (Wildman–Crippen LogP) is 4.96. The molecule has 0 atom stereocenters. The molecule has 0 saturated carbocycles. The molecule has 122 valence electrons. The average Bonchev–Trinajstić information content (AvgIpc) is 2.49. The molecule has 3 nitrogen and oxygen atoms in total. The van der Waals surface area contributed by atoms with Crippen molar-refractivity contribution >= 4 is 34.4 Å². The number of rotatable bonds is 5. The number of hydrogen-bond acceptors (Lipinski definition) is 2. The van der Waals surface area contributed by atoms with E-state index < -0.39 is 0 Å². The van der Waals surface area contributed by atoms with Crippen LogP contribution >= 0.6 is 12.2 Å². The van der Waals surface area contributed by atoms with Crippen molar-refractivity contribution in [2.24, 2.45) is 0 Å². The molecule has 2 rings (SSSR count). The summed E-state index contributed by atoms with van der Waals surface area (Å²) in [6, 6.07) is 14.7. The van der Waals surface area contributed by atoms with E-state index in [0.717, 1.165) is 24.5 Å². The van der Waals surface area contributed by atoms with Crippen molar-refractivity contribution < 1.29 is 0 Å². The minimum atomic E-state index is 0.602. The lowest BCUT2D eigenvalue weighted by atomic mass is 10.1. The van der Waals surface area contributed by atoms with Gasteiger partial charge >= 0.3 is 0 Å². The van der Waals surface area contributed by atoms with Crippen molar-refractivity contribution in [2.45, 2.75) is 27.7 Å². The van der Waals surface area contributed by atoms with E-state index in [4.69, 9.17) is 12.2 Å². The highest BCUT2D eigenvalue weighted by molar-refractivity contribution is 7.80. The zero-order chi connectivity index (χ0) is 16.8. The van der Waals surface area contributed by atoms with Gasteiger partial charge < -0.3 is 15.5 Å². The van der Waals surface area contributed by atoms with Crippen molar-refractivity contribution in [2.75, 3.05) is 28.6 Å². The maximum Gasteiger partial charge on any atom is 0.175 e. The molecule has 0 saturated heterocycles. The summed E-state index contributed by atoms with van der Waals surface area (Å²) >= 11 is 5.40. The highest BCUT2D eigenvalue weighted by Gasteiger charge is 2.03. The molecule has 0 radical (unpaired) electrons. The van der Waals surface area contributed by atoms with Crippen molar-refractivity contribution in [1.29, 1.82) is 0 Å². The van der Waals surface area contributed by atoms with Crippen LogP contribution in [0.1, 0.15) is 25.0 Å². The molecule has 0 aromatic heterocycles. The Bertz CT molecular complexity index is 641. The molecular formula is C19H25N3S. The van der Waals surface area contributed by atoms with Gasteiger partial charge in [0.25, 0.3) is 0 Å². The Morgan fingerprint density at radius 3 is 1.91 bits per heavy atom. The van der Waals surface area contributed by atoms with Gasteiger partial charge in [0, 0.05) is 30.2 Å². The number of aryl methyl sites for hydroxylation is 2. The minimum absolute atomic E-state index is 0.602. The molecule has 2 N–H and O–H groups in total. The predicted molar refractivity (Wildman–Crippen MR) is 106 cm³/mol. The monoisotopic (exact) mass is 327 g/mol. The van der Waals surface area contributed by atoms with E-state index in [1.54, 1.807) is 0 Å². The zero-order valence-corrected chi connectivity index (χ0v) is 15.1. The molecule has 23 heavy (non-hydrogen) atoms. The third-order valence-corrected chi connectivity index (χ3v) is 3.94. The van der Waals surface area contributed by atoms with Gasteiger partial charge in [-0.3, -0.25) is 0 Å². The second-order valence-corrected chi connectivity index (χ2v) is 6.08. The third kappa shape index (κ3) is 4.96. The van der Waals surface area contributed by atoms with Crippen LogP contribution in [0.2, 0.25) is 0 Å². The first-order chi connectivity index (χ1) is 11.0. The fourth-order valence-electron chi connectivity index (χ4n) is 2.68. The van der Waals surface area contributed by atoms with Crippen molar-refractivity contribution in [3.8, 4) is 0 Å². The molecule has 0 amide bonds. The number of hydrogen-bond donors (Lipinski definition) is 2. The highest BCUT2D eigenvalue weighted by atomic mass is 32.1. The Labute approximate surface area is 144 Å². The van der Waals surface area contributed by atoms with Gasteiger partial charge in [0.05, 0.1) is 0 Å². The molecule has 0 aliphatic rings. The molecule has 4 heteroatoms. The van der Waals surface area contributed by atoms with E-state index in [2.05, 4.69) is 85.7 Å². The molecular weight excluding hydrogens is 302 g/mol. The average molecular weight is 327 g/mol. The van der Waals surface area contributed by atoms with Crippen LogP contribution in [0.3, 0.4) is 0 Å². The molecule has 0 aliphatic heterocycles. The van der Waals surface area contributed by atoms with E-state index in [9.17, 15) is 0 Å². The quantitative estimate of drug-likeness (QED) is 0.759. The number of nitrogens with zero attached hydrogens (tertiary/aromatic N) is 1. The molecule has 2 aromatic rings. The lowest BCUT2D eigenvalue weighted by Crippen LogP contribution is -2.22. The lowest BCUT2D eigenvalue weighted by Gasteiger charge is -2.21. The van der Waals surface area contributed by atoms with Crippen LogP contribution in [0.5, 0.6) is 0 Å². The van der Waals surface area contributed by atoms with E-state index in [-0.39, 0.29) is 0 Å². The summed E-state index contributed by atoms with van der Waals surface area (Å²) in [4.78, 5) is 2.32. The van der Waals surface area contributed by atoms with Gasteiger partial charge in [0.1, 0.15) is 0 Å². The smallest absolute Gasteiger partial charge is 0.175 e. The maximum atomic E-state index is 5.40. The number of thiocarbonyl (C=S) groups is 1. The van der Waals surface area contributed by atoms with Crippen LogP contribution in [0, 0.1) is 13.8 Å². The fraction of sp³-hybridized carbons (Fsp3) is 0.316. The Hall–Kier alpha value is -2.07. The normalized spacial score (nSPS) is 10.3. The van der Waals surface area contributed by atoms with E-state index in [1.807, 2.05) is 0 Å². The Morgan fingerprint density at radius 1 is 0.870 bits per heavy atom. The van der Waals surface area contributed by atoms with Crippen LogP contribution in [0.4, 0.5) is 17.1 Å². The lowest BCUT2D eigenvalue weighted by molar-refractivity contribution is 0.866. The second kappa shape index (κ2) is 7.97. The zero-order valence-electron chi connectivity index (χ0n) is 14.3. The largest absolute Gasteiger partial charge is 0.372 e. The summed E-state index contributed by atoms with van der Waals surface area (Å²) in [6.07, 6.45) is 0. The molecule has 0 heterocycles. The van der Waals surface area contributed by atoms with Crippen LogP contribution in [0.15, 0.2) is 42.5 Å². The Balaban J connectivity index is 2.00. The molecule has 0 bridgehead atoms. The van der Waals surface area contributed by atoms with Gasteiger partial charge in [-0.25, -0.2) is 0 Å². The van der Waals surface area contributed by atoms with Crippen molar-refractivity contribution in [3.63, 3.8) is 0 Å². The van der Waals surface area contributed by atoms with E-state index in [1.165, 1.54) is 16.8 Å². The van der Waals surface area contributed by atoms with Gasteiger partial charge in [0.15, 0.2) is 5.11 Å². The van der Waals surface area contributed by atoms with Gasteiger partial charge in [-0.05, 0) is 87.4 Å². The standard InChI is InChI=1S/C19H25N3S/c1-5-22(6-2)18-9-7-16(8-10-18)20-19(23)21-17-12-14(3)11-15(4)13-17/h7-13H,5-6H2,1-4H3,(H2,20,21,23). The fourth-order valence-corrected chi connectivity index (χ4v) is 2.92. The van der Waals surface area contributed by atoms with E-state index in [0.29, 0.717) is 5.11 Å². The van der Waals surface area contributed by atoms with Crippen LogP contribution in [-0.4, -0.2) is 18.2 Å². The maximum absolute atomic E-state index is 5.40. The van der Waals surface area contributed by atoms with Gasteiger partial charge in [-0.2, -0.15) is 0 Å². The van der Waals surface area contributed by atoms with Crippen LogP contribution < -0.4 is 15.5 Å². The third-order valence-electron chi connectivity index (χ3n) is 3.73. The second-order valence-electron chi connectivity index (χ2n) is 5.67. The van der Waals surface area contributed by atoms with Crippen LogP contribution in [0.25, 0.3) is 0 Å². The molecule has 0 unspecified atom stereocenters. The topological polar surface area (TPSA) is 27.3 Å². The Morgan fingerprint density at radius 2 is 1.39 bits per heavy atom. The van der Waals surface area contributed by atoms with Gasteiger partial charge in [-0.15, -0.1) is 0 Å². The summed E-state index contributed by atoms with van der Waals surface area (Å²) in [6.45, 7) is 10.5. The molecule has 0 aliphatic carbocycles. The molecule has 0 spiro atoms. The summed E-state index contributed by atoms with van der Waals surface area (Å²) < 4.78 is 0. The number of benzene rings is 2. The van der Waals surface area contributed by atoms with Gasteiger partial charge in [-0.1, -0.05) is 6.07 Å². The Kier molecular flexibility index (Phi) is 5.99. The highest BCUT2D eigenvalue weighted by Crippen LogP contribution is 2.18. The van der Waals surface area contributed by atoms with E-state index >= 15 is 0 Å². The SMILES string of the molecule is CCN(CC)c1ccc(NC(=S)Nc2cc(C)cc(C)c2)cc1. The summed E-state index contributed by atoms with van der Waals surface area (Å²) in [5, 5.41) is 7.08. The first-order valence-corrected chi connectivity index (χ1v) is 8.44. The number of nitrogens with one attached hydrogen (secondary N) is 2. The molecule has 0 fully saturated rings. The minimum Gasteiger partial charge on any atom is -0.372 e. The summed E-state index contributed by atoms with van der Waals surface area (Å²) in [5.41, 5.74) is 5.68. The van der Waals surface area contributed by atoms with Crippen molar-refractivity contribution in [3.05, 3.63) is 53.6 Å². The summed E-state index contributed by atoms with van der Waals surface area (Å²) in [5.74, 6) is 0. The summed E-state index contributed by atoms with van der Waals surface area (Å²) in [7, 11) is 0. The number of anilines is 3. The van der Waals surface area contributed by atoms with Crippen LogP contribution in [-0.2, 0) is 0 Å².